The fraction of sp³-hybridized carbons (Fsp3) is 0.600. The van der Waals surface area contributed by atoms with Crippen molar-refractivity contribution < 1.29 is 0 Å². The maximum Gasteiger partial charge on any atom is 0.0405 e. The van der Waals surface area contributed by atoms with Gasteiger partial charge in [-0.25, -0.2) is 0 Å². The first-order valence-corrected chi connectivity index (χ1v) is 6.46. The predicted molar refractivity (Wildman–Crippen MR) is 77.2 cm³/mol. The van der Waals surface area contributed by atoms with E-state index in [0.717, 1.165) is 19.5 Å². The van der Waals surface area contributed by atoms with Gasteiger partial charge in [0.1, 0.15) is 0 Å². The van der Waals surface area contributed by atoms with Crippen LogP contribution in [-0.2, 0) is 0 Å². The lowest BCUT2D eigenvalue weighted by Crippen LogP contribution is -2.14. The van der Waals surface area contributed by atoms with Crippen molar-refractivity contribution in [3.05, 3.63) is 27.8 Å². The molecular formula is C15H26N2. The van der Waals surface area contributed by atoms with E-state index in [1.807, 2.05) is 7.05 Å². The normalized spacial score (nSPS) is 10.7. The molecule has 0 saturated heterocycles. The summed E-state index contributed by atoms with van der Waals surface area (Å²) in [5, 5.41) is 6.76. The molecule has 0 aliphatic carbocycles. The highest BCUT2D eigenvalue weighted by Crippen LogP contribution is 2.29. The highest BCUT2D eigenvalue weighted by Gasteiger charge is 2.11. The molecule has 0 fully saturated rings. The van der Waals surface area contributed by atoms with Gasteiger partial charge in [0.05, 0.1) is 0 Å². The van der Waals surface area contributed by atoms with Crippen LogP contribution in [0.4, 0.5) is 5.69 Å². The Hall–Kier alpha value is -1.02. The third kappa shape index (κ3) is 3.01. The average molecular weight is 234 g/mol. The Morgan fingerprint density at radius 3 is 1.65 bits per heavy atom. The number of rotatable bonds is 5. The maximum absolute atomic E-state index is 3.58. The molecule has 2 N–H and O–H groups in total. The smallest absolute Gasteiger partial charge is 0.0405 e. The first-order valence-electron chi connectivity index (χ1n) is 6.46. The van der Waals surface area contributed by atoms with E-state index in [9.17, 15) is 0 Å². The van der Waals surface area contributed by atoms with E-state index in [0.29, 0.717) is 0 Å². The molecule has 0 amide bonds. The van der Waals surface area contributed by atoms with Crippen LogP contribution >= 0.6 is 0 Å². The minimum atomic E-state index is 1.03. The second-order valence-electron chi connectivity index (χ2n) is 4.88. The second-order valence-corrected chi connectivity index (χ2v) is 4.88. The Bertz CT molecular complexity index is 365. The number of hydrogen-bond acceptors (Lipinski definition) is 2. The molecule has 0 aliphatic rings. The van der Waals surface area contributed by atoms with Gasteiger partial charge in [0.15, 0.2) is 0 Å². The zero-order valence-corrected chi connectivity index (χ0v) is 12.1. The summed E-state index contributed by atoms with van der Waals surface area (Å²) in [6, 6.07) is 0. The van der Waals surface area contributed by atoms with E-state index < -0.39 is 0 Å². The molecule has 96 valence electrons. The van der Waals surface area contributed by atoms with Crippen LogP contribution < -0.4 is 10.6 Å². The van der Waals surface area contributed by atoms with Crippen LogP contribution in [0.2, 0.25) is 0 Å². The summed E-state index contributed by atoms with van der Waals surface area (Å²) >= 11 is 0. The van der Waals surface area contributed by atoms with Crippen molar-refractivity contribution in [1.29, 1.82) is 0 Å². The van der Waals surface area contributed by atoms with Crippen LogP contribution in [-0.4, -0.2) is 20.1 Å². The van der Waals surface area contributed by atoms with Crippen LogP contribution in [0.25, 0.3) is 0 Å². The fourth-order valence-corrected chi connectivity index (χ4v) is 2.24. The third-order valence-electron chi connectivity index (χ3n) is 3.91. The molecule has 0 bridgehead atoms. The van der Waals surface area contributed by atoms with Crippen LogP contribution in [0.5, 0.6) is 0 Å². The summed E-state index contributed by atoms with van der Waals surface area (Å²) < 4.78 is 0. The molecule has 0 aliphatic heterocycles. The van der Waals surface area contributed by atoms with Gasteiger partial charge in [-0.05, 0) is 82.4 Å². The molecular weight excluding hydrogens is 208 g/mol. The lowest BCUT2D eigenvalue weighted by atomic mass is 9.93. The SMILES string of the molecule is CNCCCNc1c(C)c(C)c(C)c(C)c1C. The minimum Gasteiger partial charge on any atom is -0.385 e. The topological polar surface area (TPSA) is 24.1 Å². The molecule has 0 heterocycles. The summed E-state index contributed by atoms with van der Waals surface area (Å²) in [5.74, 6) is 0. The van der Waals surface area contributed by atoms with Crippen molar-refractivity contribution in [2.24, 2.45) is 0 Å². The molecule has 0 unspecified atom stereocenters. The Kier molecular flexibility index (Phi) is 5.01. The molecule has 2 heteroatoms. The Balaban J connectivity index is 2.92. The summed E-state index contributed by atoms with van der Waals surface area (Å²) in [6.07, 6.45) is 1.15. The standard InChI is InChI=1S/C15H26N2/c1-10-11(2)13(4)15(14(5)12(10)3)17-9-7-8-16-6/h16-17H,7-9H2,1-6H3. The van der Waals surface area contributed by atoms with Crippen molar-refractivity contribution in [3.8, 4) is 0 Å². The predicted octanol–water partition coefficient (Wildman–Crippen LogP) is 3.25. The Morgan fingerprint density at radius 2 is 1.18 bits per heavy atom. The lowest BCUT2D eigenvalue weighted by Gasteiger charge is -2.19. The van der Waals surface area contributed by atoms with Gasteiger partial charge in [-0.3, -0.25) is 0 Å². The van der Waals surface area contributed by atoms with Crippen molar-refractivity contribution in [3.63, 3.8) is 0 Å². The fourth-order valence-electron chi connectivity index (χ4n) is 2.24. The van der Waals surface area contributed by atoms with Crippen LogP contribution in [0.3, 0.4) is 0 Å². The first-order chi connectivity index (χ1) is 8.00. The number of anilines is 1. The quantitative estimate of drug-likeness (QED) is 0.764. The van der Waals surface area contributed by atoms with Gasteiger partial charge in [-0.2, -0.15) is 0 Å². The number of benzene rings is 1. The van der Waals surface area contributed by atoms with E-state index in [4.69, 9.17) is 0 Å². The second kappa shape index (κ2) is 6.06. The Morgan fingerprint density at radius 1 is 0.706 bits per heavy atom. The van der Waals surface area contributed by atoms with E-state index in [-0.39, 0.29) is 0 Å². The van der Waals surface area contributed by atoms with Gasteiger partial charge in [0.25, 0.3) is 0 Å². The van der Waals surface area contributed by atoms with Crippen LogP contribution in [0.1, 0.15) is 34.2 Å². The van der Waals surface area contributed by atoms with Crippen molar-refractivity contribution in [2.45, 2.75) is 41.0 Å². The number of nitrogens with one attached hydrogen (secondary N) is 2. The van der Waals surface area contributed by atoms with Crippen molar-refractivity contribution >= 4 is 5.69 Å². The first kappa shape index (κ1) is 14.0. The van der Waals surface area contributed by atoms with Crippen molar-refractivity contribution in [2.75, 3.05) is 25.5 Å². The van der Waals surface area contributed by atoms with Crippen molar-refractivity contribution in [1.82, 2.24) is 5.32 Å². The van der Waals surface area contributed by atoms with Crippen LogP contribution in [0, 0.1) is 34.6 Å². The summed E-state index contributed by atoms with van der Waals surface area (Å²) in [7, 11) is 2.00. The van der Waals surface area contributed by atoms with Gasteiger partial charge in [0.2, 0.25) is 0 Å². The van der Waals surface area contributed by atoms with Gasteiger partial charge in [0, 0.05) is 12.2 Å². The molecule has 1 rings (SSSR count). The molecule has 0 saturated carbocycles. The molecule has 1 aromatic rings. The minimum absolute atomic E-state index is 1.03. The van der Waals surface area contributed by atoms with Gasteiger partial charge >= 0.3 is 0 Å². The van der Waals surface area contributed by atoms with E-state index >= 15 is 0 Å². The maximum atomic E-state index is 3.58. The number of hydrogen-bond donors (Lipinski definition) is 2. The highest BCUT2D eigenvalue weighted by molar-refractivity contribution is 5.64. The van der Waals surface area contributed by atoms with E-state index in [2.05, 4.69) is 45.3 Å². The zero-order valence-electron chi connectivity index (χ0n) is 12.1. The highest BCUT2D eigenvalue weighted by atomic mass is 14.9. The zero-order chi connectivity index (χ0) is 13.0. The molecule has 1 aromatic carbocycles. The lowest BCUT2D eigenvalue weighted by molar-refractivity contribution is 0.747. The molecule has 17 heavy (non-hydrogen) atoms. The molecule has 2 nitrogen and oxygen atoms in total. The molecule has 0 atom stereocenters. The van der Waals surface area contributed by atoms with E-state index in [1.54, 1.807) is 0 Å². The average Bonchev–Trinajstić information content (AvgIpc) is 2.33. The summed E-state index contributed by atoms with van der Waals surface area (Å²) in [6.45, 7) is 13.2. The van der Waals surface area contributed by atoms with Gasteiger partial charge in [-0.1, -0.05) is 0 Å². The van der Waals surface area contributed by atoms with E-state index in [1.165, 1.54) is 33.5 Å². The third-order valence-corrected chi connectivity index (χ3v) is 3.91. The largest absolute Gasteiger partial charge is 0.385 e. The van der Waals surface area contributed by atoms with Crippen LogP contribution in [0.15, 0.2) is 0 Å². The Labute approximate surface area is 106 Å². The molecule has 0 aromatic heterocycles. The molecule has 0 radical (unpaired) electrons. The molecule has 0 spiro atoms. The van der Waals surface area contributed by atoms with Gasteiger partial charge < -0.3 is 10.6 Å². The summed E-state index contributed by atoms with van der Waals surface area (Å²) in [5.41, 5.74) is 8.40. The summed E-state index contributed by atoms with van der Waals surface area (Å²) in [4.78, 5) is 0. The van der Waals surface area contributed by atoms with Gasteiger partial charge in [-0.15, -0.1) is 0 Å². The monoisotopic (exact) mass is 234 g/mol.